The highest BCUT2D eigenvalue weighted by Crippen LogP contribution is 2.33. The van der Waals surface area contributed by atoms with Crippen molar-refractivity contribution >= 4 is 17.2 Å². The maximum Gasteiger partial charge on any atom is 0.268 e. The Kier molecular flexibility index (Phi) is 5.85. The summed E-state index contributed by atoms with van der Waals surface area (Å²) in [7, 11) is 0. The quantitative estimate of drug-likeness (QED) is 0.667. The van der Waals surface area contributed by atoms with Gasteiger partial charge in [0.05, 0.1) is 16.1 Å². The normalized spacial score (nSPS) is 19.0. The van der Waals surface area contributed by atoms with E-state index in [1.807, 2.05) is 26.0 Å². The van der Waals surface area contributed by atoms with Crippen LogP contribution in [0.1, 0.15) is 43.2 Å². The third-order valence-electron chi connectivity index (χ3n) is 5.54. The average Bonchev–Trinajstić information content (AvgIpc) is 3.33. The van der Waals surface area contributed by atoms with Gasteiger partial charge >= 0.3 is 0 Å². The smallest absolute Gasteiger partial charge is 0.268 e. The van der Waals surface area contributed by atoms with Gasteiger partial charge in [-0.1, -0.05) is 12.1 Å². The molecule has 0 spiro atoms. The van der Waals surface area contributed by atoms with Crippen molar-refractivity contribution in [3.8, 4) is 21.9 Å². The van der Waals surface area contributed by atoms with Crippen LogP contribution in [0.25, 0.3) is 21.9 Å². The maximum absolute atomic E-state index is 12.7. The average molecular weight is 427 g/mol. The molecule has 1 saturated carbocycles. The van der Waals surface area contributed by atoms with Gasteiger partial charge in [0.15, 0.2) is 5.76 Å². The summed E-state index contributed by atoms with van der Waals surface area (Å²) in [6, 6.07) is 7.41. The highest BCUT2D eigenvalue weighted by atomic mass is 32.1. The van der Waals surface area contributed by atoms with Crippen LogP contribution in [0.4, 0.5) is 0 Å². The Morgan fingerprint density at radius 3 is 2.63 bits per heavy atom. The topological polar surface area (TPSA) is 90.0 Å². The van der Waals surface area contributed by atoms with E-state index in [0.29, 0.717) is 22.9 Å². The molecular weight excluding hydrogens is 400 g/mol. The van der Waals surface area contributed by atoms with Gasteiger partial charge in [-0.2, -0.15) is 5.10 Å². The Hall–Kier alpha value is -2.74. The van der Waals surface area contributed by atoms with Crippen molar-refractivity contribution in [2.24, 2.45) is 5.92 Å². The van der Waals surface area contributed by atoms with E-state index in [-0.39, 0.29) is 24.1 Å². The second-order valence-corrected chi connectivity index (χ2v) is 9.46. The molecule has 3 aromatic rings. The number of amides is 1. The molecule has 1 amide bonds. The number of rotatable bonds is 5. The van der Waals surface area contributed by atoms with Crippen molar-refractivity contribution < 1.29 is 9.32 Å². The van der Waals surface area contributed by atoms with E-state index >= 15 is 0 Å². The zero-order chi connectivity index (χ0) is 21.3. The van der Waals surface area contributed by atoms with E-state index in [2.05, 4.69) is 22.5 Å². The number of thiophene rings is 1. The summed E-state index contributed by atoms with van der Waals surface area (Å²) >= 11 is 1.58. The van der Waals surface area contributed by atoms with Crippen LogP contribution >= 0.6 is 11.3 Å². The largest absolute Gasteiger partial charge is 0.356 e. The van der Waals surface area contributed by atoms with E-state index < -0.39 is 0 Å². The van der Waals surface area contributed by atoms with Crippen LogP contribution in [0, 0.1) is 19.8 Å². The standard InChI is InChI=1S/C22H26N4O3S/c1-13-4-7-16(8-5-13)23-20(27)12-26-21(28)11-17(18-10-14(2)25-29-18)22(24-26)19-9-6-15(3)30-19/h6,9-11,13,16H,4-5,7-8,12H2,1-3H3,(H,23,27). The molecule has 1 aliphatic carbocycles. The highest BCUT2D eigenvalue weighted by molar-refractivity contribution is 7.15. The van der Waals surface area contributed by atoms with Crippen LogP contribution in [0.5, 0.6) is 0 Å². The molecule has 1 aliphatic rings. The maximum atomic E-state index is 12.7. The van der Waals surface area contributed by atoms with Crippen molar-refractivity contribution in [3.63, 3.8) is 0 Å². The van der Waals surface area contributed by atoms with Gasteiger partial charge in [0.2, 0.25) is 5.91 Å². The van der Waals surface area contributed by atoms with Gasteiger partial charge in [-0.25, -0.2) is 4.68 Å². The van der Waals surface area contributed by atoms with Crippen molar-refractivity contribution in [1.82, 2.24) is 20.3 Å². The Bertz CT molecular complexity index is 1110. The summed E-state index contributed by atoms with van der Waals surface area (Å²) in [4.78, 5) is 27.4. The van der Waals surface area contributed by atoms with Gasteiger partial charge in [-0.15, -0.1) is 11.3 Å². The SMILES string of the molecule is Cc1cc(-c2cc(=O)n(CC(=O)NC3CCC(C)CC3)nc2-c2ccc(C)s2)on1. The van der Waals surface area contributed by atoms with Crippen LogP contribution < -0.4 is 10.9 Å². The first-order chi connectivity index (χ1) is 14.4. The molecule has 7 nitrogen and oxygen atoms in total. The number of aromatic nitrogens is 3. The van der Waals surface area contributed by atoms with E-state index in [9.17, 15) is 9.59 Å². The summed E-state index contributed by atoms with van der Waals surface area (Å²) in [5, 5.41) is 11.5. The van der Waals surface area contributed by atoms with Gasteiger partial charge in [-0.3, -0.25) is 9.59 Å². The lowest BCUT2D eigenvalue weighted by Crippen LogP contribution is -2.41. The number of carbonyl (C=O) groups excluding carboxylic acids is 1. The zero-order valence-corrected chi connectivity index (χ0v) is 18.3. The van der Waals surface area contributed by atoms with Gasteiger partial charge in [0, 0.05) is 23.1 Å². The lowest BCUT2D eigenvalue weighted by Gasteiger charge is -2.26. The van der Waals surface area contributed by atoms with Crippen molar-refractivity contribution in [1.29, 1.82) is 0 Å². The third-order valence-corrected chi connectivity index (χ3v) is 6.55. The first kappa shape index (κ1) is 20.5. The van der Waals surface area contributed by atoms with Gasteiger partial charge in [0.25, 0.3) is 5.56 Å². The predicted molar refractivity (Wildman–Crippen MR) is 116 cm³/mol. The zero-order valence-electron chi connectivity index (χ0n) is 17.5. The summed E-state index contributed by atoms with van der Waals surface area (Å²) in [6.07, 6.45) is 4.21. The molecule has 4 rings (SSSR count). The number of hydrogen-bond acceptors (Lipinski definition) is 6. The van der Waals surface area contributed by atoms with E-state index in [1.165, 1.54) is 10.7 Å². The molecule has 0 bridgehead atoms. The molecule has 3 heterocycles. The predicted octanol–water partition coefficient (Wildman–Crippen LogP) is 3.94. The molecule has 30 heavy (non-hydrogen) atoms. The lowest BCUT2D eigenvalue weighted by atomic mass is 9.87. The van der Waals surface area contributed by atoms with Crippen molar-refractivity contribution in [3.05, 3.63) is 45.2 Å². The van der Waals surface area contributed by atoms with Gasteiger partial charge in [-0.05, 0) is 57.6 Å². The molecule has 1 N–H and O–H groups in total. The Balaban J connectivity index is 1.62. The molecule has 0 unspecified atom stereocenters. The fraction of sp³-hybridized carbons (Fsp3) is 0.455. The Labute approximate surface area is 179 Å². The summed E-state index contributed by atoms with van der Waals surface area (Å²) < 4.78 is 6.63. The van der Waals surface area contributed by atoms with Gasteiger partial charge in [0.1, 0.15) is 12.2 Å². The molecule has 0 aliphatic heterocycles. The molecule has 0 radical (unpaired) electrons. The molecule has 1 fully saturated rings. The minimum atomic E-state index is -0.344. The van der Waals surface area contributed by atoms with Crippen LogP contribution in [0.3, 0.4) is 0 Å². The van der Waals surface area contributed by atoms with E-state index in [1.54, 1.807) is 17.4 Å². The molecule has 8 heteroatoms. The molecule has 0 aromatic carbocycles. The molecular formula is C22H26N4O3S. The first-order valence-electron chi connectivity index (χ1n) is 10.3. The third kappa shape index (κ3) is 4.53. The Morgan fingerprint density at radius 2 is 2.00 bits per heavy atom. The molecule has 158 valence electrons. The number of aryl methyl sites for hydroxylation is 2. The van der Waals surface area contributed by atoms with Crippen molar-refractivity contribution in [2.75, 3.05) is 0 Å². The highest BCUT2D eigenvalue weighted by Gasteiger charge is 2.22. The van der Waals surface area contributed by atoms with Gasteiger partial charge < -0.3 is 9.84 Å². The summed E-state index contributed by atoms with van der Waals surface area (Å²) in [5.41, 5.74) is 1.58. The first-order valence-corrected chi connectivity index (χ1v) is 11.1. The minimum absolute atomic E-state index is 0.0992. The number of nitrogens with one attached hydrogen (secondary N) is 1. The van der Waals surface area contributed by atoms with Crippen molar-refractivity contribution in [2.45, 2.75) is 59.0 Å². The van der Waals surface area contributed by atoms with E-state index in [4.69, 9.17) is 4.52 Å². The minimum Gasteiger partial charge on any atom is -0.356 e. The fourth-order valence-electron chi connectivity index (χ4n) is 3.84. The fourth-order valence-corrected chi connectivity index (χ4v) is 4.71. The summed E-state index contributed by atoms with van der Waals surface area (Å²) in [5.74, 6) is 1.03. The van der Waals surface area contributed by atoms with Crippen LogP contribution in [-0.4, -0.2) is 26.9 Å². The second-order valence-electron chi connectivity index (χ2n) is 8.17. The number of hydrogen-bond donors (Lipinski definition) is 1. The van der Waals surface area contributed by atoms with Crippen LogP contribution in [-0.2, 0) is 11.3 Å². The number of nitrogens with zero attached hydrogens (tertiary/aromatic N) is 3. The monoisotopic (exact) mass is 426 g/mol. The summed E-state index contributed by atoms with van der Waals surface area (Å²) in [6.45, 7) is 5.98. The molecule has 0 atom stereocenters. The van der Waals surface area contributed by atoms with Crippen LogP contribution in [0.2, 0.25) is 0 Å². The molecule has 3 aromatic heterocycles. The van der Waals surface area contributed by atoms with E-state index in [0.717, 1.165) is 41.1 Å². The van der Waals surface area contributed by atoms with Crippen LogP contribution in [0.15, 0.2) is 33.6 Å². The lowest BCUT2D eigenvalue weighted by molar-refractivity contribution is -0.122. The number of carbonyl (C=O) groups is 1. The molecule has 0 saturated heterocycles. The second kappa shape index (κ2) is 8.55. The Morgan fingerprint density at radius 1 is 1.23 bits per heavy atom.